The molecule has 0 saturated carbocycles. The maximum absolute atomic E-state index is 2.53. The van der Waals surface area contributed by atoms with Gasteiger partial charge in [0.25, 0.3) is 0 Å². The maximum Gasteiger partial charge on any atom is 0.0493 e. The molecule has 0 atom stereocenters. The van der Waals surface area contributed by atoms with Crippen LogP contribution in [0, 0.1) is 0 Å². The standard InChI is InChI=1S/C17H34Si3/c1-18(2,3)14-15-10-12-16(13-11-15)17(19(4,5)6)20(7,8)9/h10-13,17H,14H2,1-9H3. The van der Waals surface area contributed by atoms with E-state index in [-0.39, 0.29) is 0 Å². The van der Waals surface area contributed by atoms with E-state index in [2.05, 4.69) is 83.2 Å². The lowest BCUT2D eigenvalue weighted by Crippen LogP contribution is -2.46. The lowest BCUT2D eigenvalue weighted by atomic mass is 10.2. The second-order valence-corrected chi connectivity index (χ2v) is 26.3. The predicted octanol–water partition coefficient (Wildman–Crippen LogP) is 5.94. The van der Waals surface area contributed by atoms with Gasteiger partial charge in [0.05, 0.1) is 0 Å². The second-order valence-electron chi connectivity index (χ2n) is 9.64. The lowest BCUT2D eigenvalue weighted by Gasteiger charge is -2.39. The lowest BCUT2D eigenvalue weighted by molar-refractivity contribution is 1.16. The molecule has 0 aliphatic heterocycles. The normalized spacial score (nSPS) is 13.9. The zero-order chi connectivity index (χ0) is 15.8. The quantitative estimate of drug-likeness (QED) is 0.588. The average Bonchev–Trinajstić information content (AvgIpc) is 2.14. The van der Waals surface area contributed by atoms with E-state index in [1.807, 2.05) is 0 Å². The summed E-state index contributed by atoms with van der Waals surface area (Å²) in [6.45, 7) is 22.6. The van der Waals surface area contributed by atoms with Gasteiger partial charge in [-0.25, -0.2) is 0 Å². The summed E-state index contributed by atoms with van der Waals surface area (Å²) in [4.78, 5) is 0. The molecule has 1 aromatic carbocycles. The molecule has 1 aromatic rings. The van der Waals surface area contributed by atoms with Crippen molar-refractivity contribution < 1.29 is 0 Å². The molecule has 0 aliphatic carbocycles. The fourth-order valence-electron chi connectivity index (χ4n) is 3.74. The highest BCUT2D eigenvalue weighted by Crippen LogP contribution is 2.35. The van der Waals surface area contributed by atoms with Crippen molar-refractivity contribution in [3.63, 3.8) is 0 Å². The van der Waals surface area contributed by atoms with Crippen LogP contribution in [0.25, 0.3) is 0 Å². The van der Waals surface area contributed by atoms with Crippen molar-refractivity contribution in [3.05, 3.63) is 35.4 Å². The number of benzene rings is 1. The van der Waals surface area contributed by atoms with E-state index >= 15 is 0 Å². The van der Waals surface area contributed by atoms with Crippen molar-refractivity contribution in [2.24, 2.45) is 0 Å². The van der Waals surface area contributed by atoms with Gasteiger partial charge in [0.1, 0.15) is 0 Å². The number of hydrogen-bond acceptors (Lipinski definition) is 0. The van der Waals surface area contributed by atoms with E-state index in [0.717, 1.165) is 5.16 Å². The summed E-state index contributed by atoms with van der Waals surface area (Å²) >= 11 is 0. The smallest absolute Gasteiger partial charge is 0.0493 e. The van der Waals surface area contributed by atoms with Gasteiger partial charge in [0, 0.05) is 24.2 Å². The molecule has 0 saturated heterocycles. The molecule has 0 N–H and O–H groups in total. The molecule has 0 heterocycles. The van der Waals surface area contributed by atoms with E-state index in [1.165, 1.54) is 11.6 Å². The molecular formula is C17H34Si3. The summed E-state index contributed by atoms with van der Waals surface area (Å²) in [5.74, 6) is 0. The van der Waals surface area contributed by atoms with Crippen LogP contribution in [0.5, 0.6) is 0 Å². The third kappa shape index (κ3) is 5.34. The van der Waals surface area contributed by atoms with Crippen molar-refractivity contribution in [3.8, 4) is 0 Å². The van der Waals surface area contributed by atoms with Crippen LogP contribution < -0.4 is 0 Å². The van der Waals surface area contributed by atoms with Gasteiger partial charge in [0.15, 0.2) is 0 Å². The first-order chi connectivity index (χ1) is 8.81. The van der Waals surface area contributed by atoms with Gasteiger partial charge in [-0.15, -0.1) is 0 Å². The summed E-state index contributed by atoms with van der Waals surface area (Å²) in [6.07, 6.45) is 0. The van der Waals surface area contributed by atoms with E-state index < -0.39 is 24.2 Å². The summed E-state index contributed by atoms with van der Waals surface area (Å²) in [5.41, 5.74) is 3.15. The minimum absolute atomic E-state index is 0.857. The van der Waals surface area contributed by atoms with Gasteiger partial charge < -0.3 is 0 Å². The second kappa shape index (κ2) is 5.93. The molecule has 3 heteroatoms. The SMILES string of the molecule is C[Si](C)(C)Cc1ccc(C([Si](C)(C)C)[Si](C)(C)C)cc1. The average molecular weight is 323 g/mol. The van der Waals surface area contributed by atoms with E-state index in [1.54, 1.807) is 5.56 Å². The molecule has 114 valence electrons. The topological polar surface area (TPSA) is 0 Å². The van der Waals surface area contributed by atoms with E-state index in [0.29, 0.717) is 0 Å². The Morgan fingerprint density at radius 3 is 1.40 bits per heavy atom. The van der Waals surface area contributed by atoms with Crippen molar-refractivity contribution in [2.75, 3.05) is 0 Å². The van der Waals surface area contributed by atoms with Crippen LogP contribution in [0.1, 0.15) is 16.3 Å². The Bertz CT molecular complexity index is 413. The van der Waals surface area contributed by atoms with Crippen LogP contribution in [-0.4, -0.2) is 24.2 Å². The van der Waals surface area contributed by atoms with Gasteiger partial charge in [-0.05, 0) is 11.2 Å². The maximum atomic E-state index is 2.53. The van der Waals surface area contributed by atoms with E-state index in [4.69, 9.17) is 0 Å². The highest BCUT2D eigenvalue weighted by molar-refractivity contribution is 6.96. The fraction of sp³-hybridized carbons (Fsp3) is 0.647. The van der Waals surface area contributed by atoms with Crippen molar-refractivity contribution in [1.82, 2.24) is 0 Å². The first-order valence-electron chi connectivity index (χ1n) is 7.89. The minimum atomic E-state index is -1.16. The van der Waals surface area contributed by atoms with Gasteiger partial charge >= 0.3 is 0 Å². The Balaban J connectivity index is 3.07. The minimum Gasteiger partial charge on any atom is -0.0693 e. The molecule has 0 nitrogen and oxygen atoms in total. The Kier molecular flexibility index (Phi) is 5.32. The fourth-order valence-corrected chi connectivity index (χ4v) is 18.0. The molecule has 0 radical (unpaired) electrons. The van der Waals surface area contributed by atoms with Gasteiger partial charge in [-0.3, -0.25) is 0 Å². The Morgan fingerprint density at radius 2 is 1.10 bits per heavy atom. The first kappa shape index (κ1) is 17.9. The summed E-state index contributed by atoms with van der Waals surface area (Å²) in [5, 5.41) is 0.857. The van der Waals surface area contributed by atoms with Crippen LogP contribution in [0.3, 0.4) is 0 Å². The van der Waals surface area contributed by atoms with Crippen LogP contribution >= 0.6 is 0 Å². The molecule has 0 spiro atoms. The first-order valence-corrected chi connectivity index (χ1v) is 18.8. The zero-order valence-electron chi connectivity index (χ0n) is 15.1. The number of hydrogen-bond donors (Lipinski definition) is 0. The largest absolute Gasteiger partial charge is 0.0693 e. The molecule has 1 rings (SSSR count). The van der Waals surface area contributed by atoms with Crippen LogP contribution in [0.2, 0.25) is 58.9 Å². The van der Waals surface area contributed by atoms with Crippen LogP contribution in [-0.2, 0) is 6.04 Å². The Hall–Kier alpha value is -0.129. The zero-order valence-corrected chi connectivity index (χ0v) is 18.1. The molecule has 0 fully saturated rings. The Labute approximate surface area is 130 Å². The molecule has 0 aromatic heterocycles. The molecule has 0 bridgehead atoms. The van der Waals surface area contributed by atoms with Crippen molar-refractivity contribution in [2.45, 2.75) is 70.1 Å². The molecule has 20 heavy (non-hydrogen) atoms. The highest BCUT2D eigenvalue weighted by Gasteiger charge is 2.38. The monoisotopic (exact) mass is 322 g/mol. The molecule has 0 unspecified atom stereocenters. The van der Waals surface area contributed by atoms with E-state index in [9.17, 15) is 0 Å². The van der Waals surface area contributed by atoms with Crippen LogP contribution in [0.4, 0.5) is 0 Å². The summed E-state index contributed by atoms with van der Waals surface area (Å²) in [7, 11) is -3.31. The summed E-state index contributed by atoms with van der Waals surface area (Å²) < 4.78 is 0. The van der Waals surface area contributed by atoms with Crippen LogP contribution in [0.15, 0.2) is 24.3 Å². The number of rotatable bonds is 5. The van der Waals surface area contributed by atoms with Gasteiger partial charge in [0.2, 0.25) is 0 Å². The highest BCUT2D eigenvalue weighted by atomic mass is 28.4. The molecule has 0 aliphatic rings. The Morgan fingerprint density at radius 1 is 0.700 bits per heavy atom. The third-order valence-electron chi connectivity index (χ3n) is 3.78. The van der Waals surface area contributed by atoms with Gasteiger partial charge in [-0.1, -0.05) is 94.3 Å². The molecule has 0 amide bonds. The van der Waals surface area contributed by atoms with Crippen molar-refractivity contribution >= 4 is 24.2 Å². The molecular weight excluding hydrogens is 288 g/mol. The summed E-state index contributed by atoms with van der Waals surface area (Å²) in [6, 6.07) is 11.0. The van der Waals surface area contributed by atoms with Crippen molar-refractivity contribution in [1.29, 1.82) is 0 Å². The van der Waals surface area contributed by atoms with Gasteiger partial charge in [-0.2, -0.15) is 0 Å². The third-order valence-corrected chi connectivity index (χ3v) is 14.6. The predicted molar refractivity (Wildman–Crippen MR) is 103 cm³/mol.